The van der Waals surface area contributed by atoms with Crippen LogP contribution in [0.3, 0.4) is 0 Å². The highest BCUT2D eigenvalue weighted by Gasteiger charge is 2.20. The molecule has 0 saturated heterocycles. The van der Waals surface area contributed by atoms with Crippen molar-refractivity contribution in [3.05, 3.63) is 111 Å². The summed E-state index contributed by atoms with van der Waals surface area (Å²) in [4.78, 5) is 28.2. The van der Waals surface area contributed by atoms with Crippen LogP contribution < -0.4 is 5.32 Å². The molecule has 0 saturated carbocycles. The molecule has 0 unspecified atom stereocenters. The Labute approximate surface area is 204 Å². The Hall–Kier alpha value is -4.43. The maximum absolute atomic E-state index is 12.7. The van der Waals surface area contributed by atoms with Crippen LogP contribution in [0.15, 0.2) is 81.6 Å². The number of rotatable bonds is 6. The van der Waals surface area contributed by atoms with Gasteiger partial charge in [-0.05, 0) is 66.6 Å². The SMILES string of the molecule is Cc1ccc(-c2ccc(C(=O)Nc3ccc4oc(Cc5ccc(Cl)cc5)nc4c3)o2)c([N+](=O)[O-])c1. The number of fused-ring (bicyclic) bond motifs is 1. The van der Waals surface area contributed by atoms with Crippen molar-refractivity contribution in [1.82, 2.24) is 4.98 Å². The minimum Gasteiger partial charge on any atom is -0.451 e. The zero-order valence-corrected chi connectivity index (χ0v) is 19.2. The lowest BCUT2D eigenvalue weighted by Gasteiger charge is -2.03. The maximum Gasteiger partial charge on any atom is 0.291 e. The molecule has 8 nitrogen and oxygen atoms in total. The van der Waals surface area contributed by atoms with Gasteiger partial charge in [-0.2, -0.15) is 0 Å². The maximum atomic E-state index is 12.7. The second kappa shape index (κ2) is 9.08. The number of hydrogen-bond acceptors (Lipinski definition) is 6. The highest BCUT2D eigenvalue weighted by molar-refractivity contribution is 6.30. The molecule has 35 heavy (non-hydrogen) atoms. The predicted molar refractivity (Wildman–Crippen MR) is 132 cm³/mol. The summed E-state index contributed by atoms with van der Waals surface area (Å²) < 4.78 is 11.4. The Morgan fingerprint density at radius 1 is 1.03 bits per heavy atom. The van der Waals surface area contributed by atoms with Crippen molar-refractivity contribution in [2.75, 3.05) is 5.32 Å². The summed E-state index contributed by atoms with van der Waals surface area (Å²) in [5.74, 6) is 0.315. The molecular formula is C26H18ClN3O5. The van der Waals surface area contributed by atoms with E-state index in [1.54, 1.807) is 37.3 Å². The van der Waals surface area contributed by atoms with Gasteiger partial charge < -0.3 is 14.2 Å². The fourth-order valence-electron chi connectivity index (χ4n) is 3.70. The number of carbonyl (C=O) groups excluding carboxylic acids is 1. The van der Waals surface area contributed by atoms with Crippen molar-refractivity contribution >= 4 is 40.0 Å². The van der Waals surface area contributed by atoms with Crippen LogP contribution in [0.25, 0.3) is 22.4 Å². The van der Waals surface area contributed by atoms with Crippen molar-refractivity contribution in [3.63, 3.8) is 0 Å². The normalized spacial score (nSPS) is 11.0. The lowest BCUT2D eigenvalue weighted by atomic mass is 10.1. The summed E-state index contributed by atoms with van der Waals surface area (Å²) in [7, 11) is 0. The molecule has 5 rings (SSSR count). The van der Waals surface area contributed by atoms with Gasteiger partial charge in [-0.3, -0.25) is 14.9 Å². The molecule has 0 aliphatic rings. The molecular weight excluding hydrogens is 470 g/mol. The number of amides is 1. The first-order chi connectivity index (χ1) is 16.9. The Morgan fingerprint density at radius 3 is 2.60 bits per heavy atom. The van der Waals surface area contributed by atoms with Gasteiger partial charge in [0.2, 0.25) is 0 Å². The molecule has 0 radical (unpaired) electrons. The number of anilines is 1. The molecule has 174 valence electrons. The zero-order valence-electron chi connectivity index (χ0n) is 18.4. The molecule has 0 bridgehead atoms. The molecule has 1 N–H and O–H groups in total. The molecule has 5 aromatic rings. The van der Waals surface area contributed by atoms with E-state index in [1.807, 2.05) is 24.3 Å². The van der Waals surface area contributed by atoms with Crippen LogP contribution in [0, 0.1) is 17.0 Å². The Balaban J connectivity index is 1.33. The Kier molecular flexibility index (Phi) is 5.80. The molecule has 0 spiro atoms. The minimum atomic E-state index is -0.491. The van der Waals surface area contributed by atoms with Gasteiger partial charge in [0, 0.05) is 23.2 Å². The lowest BCUT2D eigenvalue weighted by molar-refractivity contribution is -0.384. The fourth-order valence-corrected chi connectivity index (χ4v) is 3.83. The third-order valence-corrected chi connectivity index (χ3v) is 5.66. The van der Waals surface area contributed by atoms with E-state index in [0.717, 1.165) is 11.1 Å². The standard InChI is InChI=1S/C26H18ClN3O5/c1-15-2-8-19(21(12-15)30(32)33)22-10-11-24(34-22)26(31)28-18-7-9-23-20(14-18)29-25(35-23)13-16-3-5-17(27)6-4-16/h2-12,14H,13H2,1H3,(H,28,31). The molecule has 0 fully saturated rings. The van der Waals surface area contributed by atoms with Crippen molar-refractivity contribution in [2.24, 2.45) is 0 Å². The van der Waals surface area contributed by atoms with Crippen molar-refractivity contribution < 1.29 is 18.6 Å². The third-order valence-electron chi connectivity index (χ3n) is 5.40. The monoisotopic (exact) mass is 487 g/mol. The second-order valence-electron chi connectivity index (χ2n) is 7.99. The van der Waals surface area contributed by atoms with Crippen LogP contribution in [-0.2, 0) is 6.42 Å². The third kappa shape index (κ3) is 4.78. The summed E-state index contributed by atoms with van der Waals surface area (Å²) in [6.45, 7) is 1.77. The fraction of sp³-hybridized carbons (Fsp3) is 0.0769. The van der Waals surface area contributed by atoms with Gasteiger partial charge >= 0.3 is 0 Å². The largest absolute Gasteiger partial charge is 0.451 e. The van der Waals surface area contributed by atoms with Gasteiger partial charge in [-0.1, -0.05) is 29.8 Å². The molecule has 2 heterocycles. The van der Waals surface area contributed by atoms with Crippen LogP contribution in [0.2, 0.25) is 5.02 Å². The van der Waals surface area contributed by atoms with E-state index in [2.05, 4.69) is 10.3 Å². The molecule has 0 aliphatic heterocycles. The Morgan fingerprint density at radius 2 is 1.83 bits per heavy atom. The zero-order chi connectivity index (χ0) is 24.5. The number of nitro groups is 1. The molecule has 0 aliphatic carbocycles. The number of aromatic nitrogens is 1. The summed E-state index contributed by atoms with van der Waals surface area (Å²) >= 11 is 5.93. The van der Waals surface area contributed by atoms with Gasteiger partial charge in [0.25, 0.3) is 11.6 Å². The highest BCUT2D eigenvalue weighted by Crippen LogP contribution is 2.32. The van der Waals surface area contributed by atoms with Crippen LogP contribution in [0.1, 0.15) is 27.6 Å². The first kappa shape index (κ1) is 22.4. The number of oxazole rings is 1. The van der Waals surface area contributed by atoms with Gasteiger partial charge in [-0.25, -0.2) is 4.98 Å². The summed E-state index contributed by atoms with van der Waals surface area (Å²) in [5, 5.41) is 14.8. The number of furan rings is 1. The number of benzene rings is 3. The lowest BCUT2D eigenvalue weighted by Crippen LogP contribution is -2.10. The van der Waals surface area contributed by atoms with Gasteiger partial charge in [0.05, 0.1) is 10.5 Å². The van der Waals surface area contributed by atoms with Crippen LogP contribution in [0.5, 0.6) is 0 Å². The average molecular weight is 488 g/mol. The van der Waals surface area contributed by atoms with Crippen molar-refractivity contribution in [1.29, 1.82) is 0 Å². The molecule has 1 amide bonds. The molecule has 9 heteroatoms. The number of nitro benzene ring substituents is 1. The van der Waals surface area contributed by atoms with E-state index in [-0.39, 0.29) is 17.2 Å². The molecule has 0 atom stereocenters. The number of hydrogen-bond donors (Lipinski definition) is 1. The van der Waals surface area contributed by atoms with E-state index in [0.29, 0.717) is 39.7 Å². The van der Waals surface area contributed by atoms with E-state index >= 15 is 0 Å². The number of nitrogens with zero attached hydrogens (tertiary/aromatic N) is 2. The van der Waals surface area contributed by atoms with Gasteiger partial charge in [0.15, 0.2) is 17.2 Å². The Bertz CT molecular complexity index is 1570. The predicted octanol–water partition coefficient (Wildman–Crippen LogP) is 6.80. The summed E-state index contributed by atoms with van der Waals surface area (Å²) in [6.07, 6.45) is 0.508. The molecule has 3 aromatic carbocycles. The molecule has 2 aromatic heterocycles. The van der Waals surface area contributed by atoms with E-state index in [4.69, 9.17) is 20.4 Å². The number of carbonyl (C=O) groups is 1. The second-order valence-corrected chi connectivity index (χ2v) is 8.43. The summed E-state index contributed by atoms with van der Waals surface area (Å²) in [5.41, 5.74) is 3.68. The minimum absolute atomic E-state index is 0.0264. The quantitative estimate of drug-likeness (QED) is 0.208. The van der Waals surface area contributed by atoms with Crippen molar-refractivity contribution in [3.8, 4) is 11.3 Å². The highest BCUT2D eigenvalue weighted by atomic mass is 35.5. The topological polar surface area (TPSA) is 111 Å². The first-order valence-electron chi connectivity index (χ1n) is 10.7. The van der Waals surface area contributed by atoms with E-state index in [1.165, 1.54) is 18.2 Å². The van der Waals surface area contributed by atoms with Crippen LogP contribution >= 0.6 is 11.6 Å². The smallest absolute Gasteiger partial charge is 0.291 e. The van der Waals surface area contributed by atoms with Crippen LogP contribution in [0.4, 0.5) is 11.4 Å². The van der Waals surface area contributed by atoms with Gasteiger partial charge in [0.1, 0.15) is 11.3 Å². The van der Waals surface area contributed by atoms with Crippen LogP contribution in [-0.4, -0.2) is 15.8 Å². The number of halogens is 1. The number of aryl methyl sites for hydroxylation is 1. The summed E-state index contributed by atoms with van der Waals surface area (Å²) in [6, 6.07) is 20.4. The van der Waals surface area contributed by atoms with E-state index < -0.39 is 10.8 Å². The number of nitrogens with one attached hydrogen (secondary N) is 1. The first-order valence-corrected chi connectivity index (χ1v) is 11.0. The van der Waals surface area contributed by atoms with Gasteiger partial charge in [-0.15, -0.1) is 0 Å². The van der Waals surface area contributed by atoms with E-state index in [9.17, 15) is 14.9 Å². The average Bonchev–Trinajstić information content (AvgIpc) is 3.47. The van der Waals surface area contributed by atoms with Crippen molar-refractivity contribution in [2.45, 2.75) is 13.3 Å².